The summed E-state index contributed by atoms with van der Waals surface area (Å²) in [7, 11) is 0. The van der Waals surface area contributed by atoms with E-state index in [0.717, 1.165) is 6.07 Å². The van der Waals surface area contributed by atoms with Gasteiger partial charge in [-0.05, 0) is 34.8 Å². The maximum Gasteiger partial charge on any atom is 0.133 e. The number of aliphatic hydroxyl groups is 1. The molecule has 0 aromatic heterocycles. The van der Waals surface area contributed by atoms with E-state index in [9.17, 15) is 9.50 Å². The van der Waals surface area contributed by atoms with E-state index in [2.05, 4.69) is 15.9 Å². The van der Waals surface area contributed by atoms with Crippen molar-refractivity contribution in [2.45, 2.75) is 18.4 Å². The molecule has 1 aromatic carbocycles. The Bertz CT molecular complexity index is 361. The van der Waals surface area contributed by atoms with Gasteiger partial charge < -0.3 is 10.2 Å². The summed E-state index contributed by atoms with van der Waals surface area (Å²) in [5.74, 6) is -0.703. The number of phenols is 1. The fourth-order valence-corrected chi connectivity index (χ4v) is 1.62. The van der Waals surface area contributed by atoms with Gasteiger partial charge in [-0.15, -0.1) is 0 Å². The Labute approximate surface area is 83.1 Å². The monoisotopic (exact) mass is 246 g/mol. The van der Waals surface area contributed by atoms with Crippen LogP contribution in [0.25, 0.3) is 0 Å². The summed E-state index contributed by atoms with van der Waals surface area (Å²) in [6, 6.07) is 2.44. The van der Waals surface area contributed by atoms with Crippen LogP contribution in [-0.2, 0) is 5.60 Å². The van der Waals surface area contributed by atoms with Gasteiger partial charge in [-0.3, -0.25) is 0 Å². The van der Waals surface area contributed by atoms with Gasteiger partial charge in [0.1, 0.15) is 11.6 Å². The molecule has 1 fully saturated rings. The molecule has 2 N–H and O–H groups in total. The third kappa shape index (κ3) is 1.44. The van der Waals surface area contributed by atoms with Crippen LogP contribution < -0.4 is 0 Å². The number of benzene rings is 1. The number of halogens is 2. The van der Waals surface area contributed by atoms with Crippen molar-refractivity contribution in [3.8, 4) is 5.75 Å². The quantitative estimate of drug-likeness (QED) is 0.799. The summed E-state index contributed by atoms with van der Waals surface area (Å²) in [5, 5.41) is 18.8. The lowest BCUT2D eigenvalue weighted by Gasteiger charge is -2.10. The summed E-state index contributed by atoms with van der Waals surface area (Å²) in [4.78, 5) is 0. The van der Waals surface area contributed by atoms with Crippen molar-refractivity contribution in [1.29, 1.82) is 0 Å². The Balaban J connectivity index is 2.52. The third-order valence-corrected chi connectivity index (χ3v) is 2.90. The highest BCUT2D eigenvalue weighted by atomic mass is 79.9. The van der Waals surface area contributed by atoms with Crippen molar-refractivity contribution in [2.24, 2.45) is 0 Å². The molecule has 0 aliphatic heterocycles. The van der Waals surface area contributed by atoms with Gasteiger partial charge in [-0.2, -0.15) is 0 Å². The average Bonchev–Trinajstić information content (AvgIpc) is 2.77. The van der Waals surface area contributed by atoms with Gasteiger partial charge in [0, 0.05) is 11.6 Å². The smallest absolute Gasteiger partial charge is 0.133 e. The zero-order valence-electron chi connectivity index (χ0n) is 6.72. The van der Waals surface area contributed by atoms with Gasteiger partial charge >= 0.3 is 0 Å². The number of phenolic OH excluding ortho intramolecular Hbond substituents is 1. The molecule has 4 heteroatoms. The lowest BCUT2D eigenvalue weighted by atomic mass is 10.1. The second-order valence-electron chi connectivity index (χ2n) is 3.32. The molecule has 0 radical (unpaired) electrons. The molecule has 0 unspecified atom stereocenters. The highest BCUT2D eigenvalue weighted by Gasteiger charge is 2.44. The van der Waals surface area contributed by atoms with E-state index in [-0.39, 0.29) is 11.3 Å². The topological polar surface area (TPSA) is 40.5 Å². The molecule has 2 nitrogen and oxygen atoms in total. The fraction of sp³-hybridized carbons (Fsp3) is 0.333. The van der Waals surface area contributed by atoms with Crippen molar-refractivity contribution in [1.82, 2.24) is 0 Å². The Morgan fingerprint density at radius 3 is 2.54 bits per heavy atom. The minimum absolute atomic E-state index is 0.148. The van der Waals surface area contributed by atoms with Crippen LogP contribution in [-0.4, -0.2) is 10.2 Å². The fourth-order valence-electron chi connectivity index (χ4n) is 1.28. The van der Waals surface area contributed by atoms with Crippen LogP contribution in [0.4, 0.5) is 4.39 Å². The lowest BCUT2D eigenvalue weighted by molar-refractivity contribution is 0.146. The first-order valence-electron chi connectivity index (χ1n) is 3.94. The van der Waals surface area contributed by atoms with Gasteiger partial charge in [0.2, 0.25) is 0 Å². The molecule has 0 heterocycles. The van der Waals surface area contributed by atoms with Gasteiger partial charge in [0.05, 0.1) is 10.1 Å². The van der Waals surface area contributed by atoms with E-state index < -0.39 is 11.4 Å². The standard InChI is InChI=1S/C9H8BrFO2/c10-6-3-5(9(13)1-2-9)7(11)4-8(6)12/h3-4,12-13H,1-2H2. The molecule has 1 aromatic rings. The zero-order valence-corrected chi connectivity index (χ0v) is 8.31. The SMILES string of the molecule is Oc1cc(F)c(C2(O)CC2)cc1Br. The molecule has 13 heavy (non-hydrogen) atoms. The lowest BCUT2D eigenvalue weighted by Crippen LogP contribution is -2.07. The Kier molecular flexibility index (Phi) is 1.85. The Hall–Kier alpha value is -0.610. The van der Waals surface area contributed by atoms with Gasteiger partial charge in [0.15, 0.2) is 0 Å². The predicted molar refractivity (Wildman–Crippen MR) is 48.9 cm³/mol. The molecular formula is C9H8BrFO2. The van der Waals surface area contributed by atoms with Crippen LogP contribution in [0.2, 0.25) is 0 Å². The molecule has 0 bridgehead atoms. The average molecular weight is 247 g/mol. The largest absolute Gasteiger partial charge is 0.507 e. The minimum atomic E-state index is -1.000. The van der Waals surface area contributed by atoms with Crippen LogP contribution in [0.3, 0.4) is 0 Å². The van der Waals surface area contributed by atoms with Crippen molar-refractivity contribution in [3.05, 3.63) is 28.0 Å². The van der Waals surface area contributed by atoms with Gasteiger partial charge in [0.25, 0.3) is 0 Å². The van der Waals surface area contributed by atoms with Crippen molar-refractivity contribution in [3.63, 3.8) is 0 Å². The number of rotatable bonds is 1. The van der Waals surface area contributed by atoms with E-state index in [0.29, 0.717) is 17.3 Å². The van der Waals surface area contributed by atoms with E-state index in [1.807, 2.05) is 0 Å². The van der Waals surface area contributed by atoms with Crippen LogP contribution in [0.15, 0.2) is 16.6 Å². The minimum Gasteiger partial charge on any atom is -0.507 e. The van der Waals surface area contributed by atoms with Crippen LogP contribution in [0.1, 0.15) is 18.4 Å². The molecule has 1 aliphatic rings. The summed E-state index contributed by atoms with van der Waals surface area (Å²) < 4.78 is 13.6. The van der Waals surface area contributed by atoms with Crippen LogP contribution >= 0.6 is 15.9 Å². The zero-order chi connectivity index (χ0) is 9.64. The van der Waals surface area contributed by atoms with Crippen molar-refractivity contribution < 1.29 is 14.6 Å². The van der Waals surface area contributed by atoms with E-state index in [4.69, 9.17) is 5.11 Å². The Morgan fingerprint density at radius 2 is 2.00 bits per heavy atom. The van der Waals surface area contributed by atoms with Gasteiger partial charge in [-0.1, -0.05) is 0 Å². The third-order valence-electron chi connectivity index (χ3n) is 2.26. The number of hydrogen-bond acceptors (Lipinski definition) is 2. The first kappa shape index (κ1) is 8.97. The van der Waals surface area contributed by atoms with E-state index in [1.54, 1.807) is 0 Å². The first-order valence-corrected chi connectivity index (χ1v) is 4.73. The summed E-state index contributed by atoms with van der Waals surface area (Å²) in [6.45, 7) is 0. The molecule has 0 amide bonds. The maximum absolute atomic E-state index is 13.2. The maximum atomic E-state index is 13.2. The first-order chi connectivity index (χ1) is 6.03. The summed E-state index contributed by atoms with van der Waals surface area (Å²) >= 11 is 3.07. The Morgan fingerprint density at radius 1 is 1.38 bits per heavy atom. The second kappa shape index (κ2) is 2.69. The molecule has 1 aliphatic carbocycles. The molecule has 0 saturated heterocycles. The normalized spacial score (nSPS) is 18.7. The molecule has 2 rings (SSSR count). The van der Waals surface area contributed by atoms with Crippen molar-refractivity contribution >= 4 is 15.9 Å². The predicted octanol–water partition coefficient (Wildman–Crippen LogP) is 2.28. The van der Waals surface area contributed by atoms with E-state index in [1.165, 1.54) is 6.07 Å². The van der Waals surface area contributed by atoms with E-state index >= 15 is 0 Å². The molecule has 0 atom stereocenters. The summed E-state index contributed by atoms with van der Waals surface area (Å²) in [5.41, 5.74) is -0.738. The summed E-state index contributed by atoms with van der Waals surface area (Å²) in [6.07, 6.45) is 1.17. The van der Waals surface area contributed by atoms with Crippen molar-refractivity contribution in [2.75, 3.05) is 0 Å². The molecule has 1 saturated carbocycles. The highest BCUT2D eigenvalue weighted by molar-refractivity contribution is 9.10. The number of aromatic hydroxyl groups is 1. The second-order valence-corrected chi connectivity index (χ2v) is 4.17. The molecule has 0 spiro atoms. The molecular weight excluding hydrogens is 239 g/mol. The van der Waals surface area contributed by atoms with Gasteiger partial charge in [-0.25, -0.2) is 4.39 Å². The van der Waals surface area contributed by atoms with Crippen LogP contribution in [0, 0.1) is 5.82 Å². The number of hydrogen-bond donors (Lipinski definition) is 2. The van der Waals surface area contributed by atoms with Crippen LogP contribution in [0.5, 0.6) is 5.75 Å². The molecule has 70 valence electrons. The highest BCUT2D eigenvalue weighted by Crippen LogP contribution is 2.47.